The maximum atomic E-state index is 12.6. The number of aliphatic hydroxyl groups is 1. The molecular weight excluding hydrogens is 541 g/mol. The van der Waals surface area contributed by atoms with Gasteiger partial charge in [-0.2, -0.15) is 13.2 Å². The molecule has 0 radical (unpaired) electrons. The quantitative estimate of drug-likeness (QED) is 0.309. The van der Waals surface area contributed by atoms with Gasteiger partial charge in [-0.3, -0.25) is 4.79 Å². The lowest BCUT2D eigenvalue weighted by atomic mass is 9.79. The number of amides is 1. The van der Waals surface area contributed by atoms with E-state index in [1.807, 2.05) is 18.2 Å². The van der Waals surface area contributed by atoms with Crippen LogP contribution in [-0.4, -0.2) is 53.6 Å². The van der Waals surface area contributed by atoms with Gasteiger partial charge in [-0.05, 0) is 68.5 Å². The minimum atomic E-state index is -5.17. The molecule has 2 aliphatic rings. The molecule has 4 rings (SSSR count). The Hall–Kier alpha value is -3.02. The number of carbonyl (C=O) groups is 2. The fourth-order valence-corrected chi connectivity index (χ4v) is 5.02. The lowest BCUT2D eigenvalue weighted by molar-refractivity contribution is -0.189. The predicted molar refractivity (Wildman–Crippen MR) is 137 cm³/mol. The zero-order chi connectivity index (χ0) is 28.4. The predicted octanol–water partition coefficient (Wildman–Crippen LogP) is 4.80. The number of benzene rings is 2. The largest absolute Gasteiger partial charge is 0.491 e. The molecule has 212 valence electrons. The molecule has 2 aromatic rings. The Morgan fingerprint density at radius 3 is 2.56 bits per heavy atom. The van der Waals surface area contributed by atoms with E-state index in [0.29, 0.717) is 5.02 Å². The number of anilines is 1. The highest BCUT2D eigenvalue weighted by Crippen LogP contribution is 2.44. The van der Waals surface area contributed by atoms with Gasteiger partial charge in [0.25, 0.3) is 0 Å². The van der Waals surface area contributed by atoms with Crippen LogP contribution >= 0.6 is 11.6 Å². The van der Waals surface area contributed by atoms with Gasteiger partial charge in [-0.15, -0.1) is 0 Å². The number of nitrogens with one attached hydrogen (secondary N) is 2. The highest BCUT2D eigenvalue weighted by Gasteiger charge is 2.43. The summed E-state index contributed by atoms with van der Waals surface area (Å²) in [5.41, 5.74) is -0.338. The zero-order valence-corrected chi connectivity index (χ0v) is 22.2. The van der Waals surface area contributed by atoms with E-state index in [9.17, 15) is 27.9 Å². The summed E-state index contributed by atoms with van der Waals surface area (Å²) in [6.07, 6.45) is -0.976. The summed E-state index contributed by atoms with van der Waals surface area (Å²) in [5, 5.41) is 17.5. The summed E-state index contributed by atoms with van der Waals surface area (Å²) >= 11 is 6.12. The van der Waals surface area contributed by atoms with Crippen LogP contribution in [0, 0.1) is 0 Å². The number of esters is 1. The number of carbonyl (C=O) groups excluding carboxylic acids is 2. The summed E-state index contributed by atoms with van der Waals surface area (Å²) in [6.45, 7) is 2.73. The normalized spacial score (nSPS) is 22.0. The van der Waals surface area contributed by atoms with Crippen LogP contribution in [0.15, 0.2) is 36.4 Å². The molecule has 1 spiro atoms. The number of halogens is 4. The Morgan fingerprint density at radius 2 is 1.90 bits per heavy atom. The van der Waals surface area contributed by atoms with E-state index in [4.69, 9.17) is 21.1 Å². The molecule has 1 aliphatic heterocycles. The minimum Gasteiger partial charge on any atom is -0.488 e. The van der Waals surface area contributed by atoms with Crippen LogP contribution in [0.1, 0.15) is 45.1 Å². The van der Waals surface area contributed by atoms with Gasteiger partial charge in [0.2, 0.25) is 5.91 Å². The monoisotopic (exact) mass is 570 g/mol. The van der Waals surface area contributed by atoms with E-state index in [1.165, 1.54) is 13.0 Å². The number of hydrogen-bond acceptors (Lipinski definition) is 7. The molecule has 1 aliphatic carbocycles. The number of rotatable bonds is 8. The molecular formula is C27H30ClF3N2O6. The summed E-state index contributed by atoms with van der Waals surface area (Å²) in [7, 11) is 0. The fraction of sp³-hybridized carbons (Fsp3) is 0.481. The topological polar surface area (TPSA) is 106 Å². The average Bonchev–Trinajstić information content (AvgIpc) is 3.19. The SMILES string of the molecule is CC(=O)Nc1ccc(OC(=O)C(F)(F)F)cc1OC[C@@](C)(O)CNC1CCC2(CC1)Cc1cc(Cl)ccc1O2. The minimum absolute atomic E-state index is 0.0596. The van der Waals surface area contributed by atoms with E-state index in [2.05, 4.69) is 15.4 Å². The van der Waals surface area contributed by atoms with E-state index < -0.39 is 29.4 Å². The van der Waals surface area contributed by atoms with E-state index in [1.54, 1.807) is 6.92 Å². The van der Waals surface area contributed by atoms with E-state index in [0.717, 1.165) is 55.5 Å². The molecule has 0 aromatic heterocycles. The van der Waals surface area contributed by atoms with Crippen LogP contribution in [0.25, 0.3) is 0 Å². The van der Waals surface area contributed by atoms with Crippen LogP contribution in [0.4, 0.5) is 18.9 Å². The lowest BCUT2D eigenvalue weighted by Crippen LogP contribution is -2.49. The van der Waals surface area contributed by atoms with Crippen molar-refractivity contribution >= 4 is 29.2 Å². The third kappa shape index (κ3) is 7.55. The van der Waals surface area contributed by atoms with Crippen molar-refractivity contribution in [3.8, 4) is 17.2 Å². The van der Waals surface area contributed by atoms with Crippen LogP contribution < -0.4 is 24.8 Å². The Kier molecular flexibility index (Phi) is 8.34. The molecule has 3 N–H and O–H groups in total. The van der Waals surface area contributed by atoms with Crippen molar-refractivity contribution in [3.63, 3.8) is 0 Å². The molecule has 1 heterocycles. The number of ether oxygens (including phenoxy) is 3. The Labute approximate surface area is 228 Å². The molecule has 0 saturated heterocycles. The molecule has 1 fully saturated rings. The first kappa shape index (κ1) is 29.0. The smallest absolute Gasteiger partial charge is 0.488 e. The van der Waals surface area contributed by atoms with Crippen molar-refractivity contribution in [2.75, 3.05) is 18.5 Å². The maximum Gasteiger partial charge on any atom is 0.491 e. The maximum absolute atomic E-state index is 12.6. The fourth-order valence-electron chi connectivity index (χ4n) is 4.82. The standard InChI is InChI=1S/C27H30ClF3N2O6/c1-16(34)33-21-5-4-20(38-24(35)27(29,30)31)12-23(21)37-15-25(2,36)14-32-19-7-9-26(10-8-19)13-17-11-18(28)3-6-22(17)39-26/h3-6,11-12,19,32,36H,7-10,13-15H2,1-2H3,(H,33,34)/t19?,25-,26?/m0/s1. The third-order valence-electron chi connectivity index (χ3n) is 6.77. The van der Waals surface area contributed by atoms with Crippen LogP contribution in [0.3, 0.4) is 0 Å². The van der Waals surface area contributed by atoms with Crippen molar-refractivity contribution in [3.05, 3.63) is 47.0 Å². The summed E-state index contributed by atoms with van der Waals surface area (Å²) in [5.74, 6) is -2.44. The first-order valence-electron chi connectivity index (χ1n) is 12.5. The van der Waals surface area contributed by atoms with Gasteiger partial charge in [0.05, 0.1) is 5.69 Å². The Morgan fingerprint density at radius 1 is 1.18 bits per heavy atom. The van der Waals surface area contributed by atoms with Gasteiger partial charge in [-0.1, -0.05) is 11.6 Å². The number of hydrogen-bond donors (Lipinski definition) is 3. The number of alkyl halides is 3. The zero-order valence-electron chi connectivity index (χ0n) is 21.5. The molecule has 1 saturated carbocycles. The molecule has 0 unspecified atom stereocenters. The van der Waals surface area contributed by atoms with Crippen LogP contribution in [0.2, 0.25) is 5.02 Å². The van der Waals surface area contributed by atoms with Gasteiger partial charge in [-0.25, -0.2) is 4.79 Å². The second-order valence-corrected chi connectivity index (χ2v) is 10.8. The van der Waals surface area contributed by atoms with Gasteiger partial charge in [0.15, 0.2) is 0 Å². The van der Waals surface area contributed by atoms with E-state index in [-0.39, 0.29) is 36.2 Å². The molecule has 2 aromatic carbocycles. The van der Waals surface area contributed by atoms with Gasteiger partial charge in [0.1, 0.15) is 35.1 Å². The summed E-state index contributed by atoms with van der Waals surface area (Å²) < 4.78 is 54.0. The van der Waals surface area contributed by atoms with E-state index >= 15 is 0 Å². The highest BCUT2D eigenvalue weighted by molar-refractivity contribution is 6.30. The molecule has 39 heavy (non-hydrogen) atoms. The van der Waals surface area contributed by atoms with Crippen LogP contribution in [-0.2, 0) is 16.0 Å². The summed E-state index contributed by atoms with van der Waals surface area (Å²) in [4.78, 5) is 22.7. The second kappa shape index (κ2) is 11.2. The number of fused-ring (bicyclic) bond motifs is 1. The first-order chi connectivity index (χ1) is 18.2. The van der Waals surface area contributed by atoms with Gasteiger partial charge in [0, 0.05) is 37.0 Å². The van der Waals surface area contributed by atoms with Crippen LogP contribution in [0.5, 0.6) is 17.2 Å². The Bertz CT molecular complexity index is 1230. The first-order valence-corrected chi connectivity index (χ1v) is 12.9. The van der Waals surface area contributed by atoms with Crippen molar-refractivity contribution in [1.82, 2.24) is 5.32 Å². The molecule has 0 bridgehead atoms. The second-order valence-electron chi connectivity index (χ2n) is 10.4. The summed E-state index contributed by atoms with van der Waals surface area (Å²) in [6, 6.07) is 9.21. The van der Waals surface area contributed by atoms with Gasteiger partial charge >= 0.3 is 12.1 Å². The van der Waals surface area contributed by atoms with Crippen molar-refractivity contribution in [1.29, 1.82) is 0 Å². The average molecular weight is 571 g/mol. The molecule has 12 heteroatoms. The van der Waals surface area contributed by atoms with Crippen molar-refractivity contribution < 1.29 is 42.1 Å². The Balaban J connectivity index is 1.31. The third-order valence-corrected chi connectivity index (χ3v) is 7.01. The molecule has 1 amide bonds. The van der Waals surface area contributed by atoms with Crippen molar-refractivity contribution in [2.45, 2.75) is 69.4 Å². The lowest BCUT2D eigenvalue weighted by Gasteiger charge is -2.38. The van der Waals surface area contributed by atoms with Crippen molar-refractivity contribution in [2.24, 2.45) is 0 Å². The highest BCUT2D eigenvalue weighted by atomic mass is 35.5. The molecule has 8 nitrogen and oxygen atoms in total. The molecule has 1 atom stereocenters. The van der Waals surface area contributed by atoms with Gasteiger partial charge < -0.3 is 30.0 Å².